The van der Waals surface area contributed by atoms with Gasteiger partial charge in [0.25, 0.3) is 0 Å². The second kappa shape index (κ2) is 10.5. The first-order valence-electron chi connectivity index (χ1n) is 7.94. The molecule has 2 aromatic rings. The highest BCUT2D eigenvalue weighted by Crippen LogP contribution is 2.26. The minimum Gasteiger partial charge on any atom is -0.492 e. The molecule has 4 heteroatoms. The molecule has 1 unspecified atom stereocenters. The van der Waals surface area contributed by atoms with Crippen molar-refractivity contribution in [1.29, 1.82) is 0 Å². The first kappa shape index (κ1) is 19.8. The lowest BCUT2D eigenvalue weighted by molar-refractivity contribution is 0.340. The molecule has 0 spiro atoms. The van der Waals surface area contributed by atoms with E-state index in [-0.39, 0.29) is 12.4 Å². The quantitative estimate of drug-likeness (QED) is 0.648. The molecule has 0 heterocycles. The summed E-state index contributed by atoms with van der Waals surface area (Å²) in [4.78, 5) is 0. The molecule has 2 nitrogen and oxygen atoms in total. The van der Waals surface area contributed by atoms with Crippen LogP contribution in [-0.2, 0) is 6.54 Å². The zero-order chi connectivity index (χ0) is 15.8. The Hall–Kier alpha value is -1.22. The molecule has 2 rings (SSSR count). The molecule has 1 N–H and O–H groups in total. The van der Waals surface area contributed by atoms with Crippen LogP contribution in [0, 0.1) is 0 Å². The van der Waals surface area contributed by atoms with Gasteiger partial charge in [0.15, 0.2) is 0 Å². The predicted octanol–water partition coefficient (Wildman–Crippen LogP) is 5.79. The van der Waals surface area contributed by atoms with Gasteiger partial charge in [-0.3, -0.25) is 0 Å². The van der Waals surface area contributed by atoms with Crippen molar-refractivity contribution >= 4 is 24.0 Å². The molecule has 0 aliphatic heterocycles. The van der Waals surface area contributed by atoms with Gasteiger partial charge in [-0.25, -0.2) is 0 Å². The minimum absolute atomic E-state index is 0. The Bertz CT molecular complexity index is 575. The van der Waals surface area contributed by atoms with Gasteiger partial charge in [-0.05, 0) is 36.6 Å². The number of halogens is 2. The molecule has 0 aliphatic carbocycles. The molecule has 1 atom stereocenters. The van der Waals surface area contributed by atoms with E-state index in [4.69, 9.17) is 16.3 Å². The molecule has 126 valence electrons. The van der Waals surface area contributed by atoms with Gasteiger partial charge >= 0.3 is 0 Å². The van der Waals surface area contributed by atoms with Gasteiger partial charge in [-0.1, -0.05) is 61.3 Å². The van der Waals surface area contributed by atoms with Crippen molar-refractivity contribution in [2.45, 2.75) is 39.3 Å². The van der Waals surface area contributed by atoms with E-state index in [2.05, 4.69) is 48.6 Å². The highest BCUT2D eigenvalue weighted by atomic mass is 35.5. The van der Waals surface area contributed by atoms with Gasteiger partial charge in [0.1, 0.15) is 5.75 Å². The summed E-state index contributed by atoms with van der Waals surface area (Å²) in [7, 11) is 0. The Morgan fingerprint density at radius 1 is 1.09 bits per heavy atom. The molecule has 0 aromatic heterocycles. The smallest absolute Gasteiger partial charge is 0.137 e. The highest BCUT2D eigenvalue weighted by molar-refractivity contribution is 6.32. The van der Waals surface area contributed by atoms with Crippen LogP contribution in [0.2, 0.25) is 5.02 Å². The van der Waals surface area contributed by atoms with Crippen LogP contribution in [0.4, 0.5) is 0 Å². The van der Waals surface area contributed by atoms with Crippen molar-refractivity contribution in [3.8, 4) is 5.75 Å². The summed E-state index contributed by atoms with van der Waals surface area (Å²) < 4.78 is 5.47. The van der Waals surface area contributed by atoms with E-state index in [0.717, 1.165) is 25.1 Å². The third-order valence-corrected chi connectivity index (χ3v) is 3.92. The van der Waals surface area contributed by atoms with Crippen LogP contribution in [0.5, 0.6) is 5.75 Å². The largest absolute Gasteiger partial charge is 0.492 e. The number of ether oxygens (including phenoxy) is 1. The lowest BCUT2D eigenvalue weighted by Crippen LogP contribution is -2.20. The number of hydrogen-bond acceptors (Lipinski definition) is 2. The van der Waals surface area contributed by atoms with Crippen LogP contribution in [0.15, 0.2) is 48.5 Å². The van der Waals surface area contributed by atoms with Crippen LogP contribution in [0.1, 0.15) is 43.9 Å². The fraction of sp³-hybridized carbons (Fsp3) is 0.368. The summed E-state index contributed by atoms with van der Waals surface area (Å²) in [5, 5.41) is 4.31. The van der Waals surface area contributed by atoms with Crippen LogP contribution in [0.25, 0.3) is 0 Å². The van der Waals surface area contributed by atoms with E-state index >= 15 is 0 Å². The van der Waals surface area contributed by atoms with E-state index in [9.17, 15) is 0 Å². The van der Waals surface area contributed by atoms with Crippen LogP contribution < -0.4 is 10.1 Å². The van der Waals surface area contributed by atoms with Crippen molar-refractivity contribution in [2.75, 3.05) is 6.61 Å². The zero-order valence-corrected chi connectivity index (χ0v) is 15.3. The van der Waals surface area contributed by atoms with Gasteiger partial charge in [-0.15, -0.1) is 12.4 Å². The third kappa shape index (κ3) is 6.06. The minimum atomic E-state index is 0. The molecule has 0 fully saturated rings. The molecular formula is C19H25Cl2NO. The summed E-state index contributed by atoms with van der Waals surface area (Å²) in [6.07, 6.45) is 2.27. The van der Waals surface area contributed by atoms with Crippen molar-refractivity contribution < 1.29 is 4.74 Å². The Kier molecular flexibility index (Phi) is 9.08. The van der Waals surface area contributed by atoms with Gasteiger partial charge in [0, 0.05) is 12.6 Å². The van der Waals surface area contributed by atoms with E-state index in [1.807, 2.05) is 19.1 Å². The van der Waals surface area contributed by atoms with E-state index in [0.29, 0.717) is 17.7 Å². The molecule has 23 heavy (non-hydrogen) atoms. The second-order valence-electron chi connectivity index (χ2n) is 5.33. The molecule has 2 aromatic carbocycles. The predicted molar refractivity (Wildman–Crippen MR) is 101 cm³/mol. The first-order valence-corrected chi connectivity index (χ1v) is 8.32. The number of rotatable bonds is 8. The van der Waals surface area contributed by atoms with Crippen molar-refractivity contribution in [2.24, 2.45) is 0 Å². The average molecular weight is 354 g/mol. The topological polar surface area (TPSA) is 21.3 Å². The summed E-state index contributed by atoms with van der Waals surface area (Å²) in [6.45, 7) is 5.60. The van der Waals surface area contributed by atoms with E-state index < -0.39 is 0 Å². The second-order valence-corrected chi connectivity index (χ2v) is 5.74. The molecule has 0 aliphatic rings. The lowest BCUT2D eigenvalue weighted by Gasteiger charge is -2.19. The maximum absolute atomic E-state index is 6.25. The molecular weight excluding hydrogens is 329 g/mol. The maximum Gasteiger partial charge on any atom is 0.137 e. The maximum atomic E-state index is 6.25. The van der Waals surface area contributed by atoms with Crippen molar-refractivity contribution in [3.05, 3.63) is 64.7 Å². The number of hydrogen-bond donors (Lipinski definition) is 1. The fourth-order valence-electron chi connectivity index (χ4n) is 2.53. The number of nitrogens with one attached hydrogen (secondary N) is 1. The highest BCUT2D eigenvalue weighted by Gasteiger charge is 2.10. The Morgan fingerprint density at radius 2 is 1.83 bits per heavy atom. The average Bonchev–Trinajstić information content (AvgIpc) is 2.55. The number of benzene rings is 2. The SMILES string of the molecule is CCCC(NCc1ccc(OCC)c(Cl)c1)c1ccccc1.Cl. The zero-order valence-electron chi connectivity index (χ0n) is 13.7. The standard InChI is InChI=1S/C19H24ClNO.ClH/c1-3-8-18(16-9-6-5-7-10-16)21-14-15-11-12-19(22-4-2)17(20)13-15;/h5-7,9-13,18,21H,3-4,8,14H2,1-2H3;1H. The first-order chi connectivity index (χ1) is 10.7. The van der Waals surface area contributed by atoms with Gasteiger partial charge in [-0.2, -0.15) is 0 Å². The Balaban J connectivity index is 0.00000264. The normalized spacial score (nSPS) is 11.6. The molecule has 0 amide bonds. The fourth-order valence-corrected chi connectivity index (χ4v) is 2.79. The molecule has 0 radical (unpaired) electrons. The summed E-state index contributed by atoms with van der Waals surface area (Å²) in [5.74, 6) is 0.751. The lowest BCUT2D eigenvalue weighted by atomic mass is 10.0. The van der Waals surface area contributed by atoms with Crippen molar-refractivity contribution in [1.82, 2.24) is 5.32 Å². The Labute approximate surface area is 150 Å². The van der Waals surface area contributed by atoms with Gasteiger partial charge in [0.05, 0.1) is 11.6 Å². The van der Waals surface area contributed by atoms with Gasteiger partial charge < -0.3 is 10.1 Å². The molecule has 0 saturated heterocycles. The monoisotopic (exact) mass is 353 g/mol. The summed E-state index contributed by atoms with van der Waals surface area (Å²) >= 11 is 6.25. The van der Waals surface area contributed by atoms with E-state index in [1.165, 1.54) is 11.1 Å². The van der Waals surface area contributed by atoms with E-state index in [1.54, 1.807) is 0 Å². The summed E-state index contributed by atoms with van der Waals surface area (Å²) in [5.41, 5.74) is 2.51. The molecule has 0 saturated carbocycles. The molecule has 0 bridgehead atoms. The van der Waals surface area contributed by atoms with Crippen LogP contribution >= 0.6 is 24.0 Å². The van der Waals surface area contributed by atoms with Crippen LogP contribution in [0.3, 0.4) is 0 Å². The third-order valence-electron chi connectivity index (χ3n) is 3.63. The summed E-state index contributed by atoms with van der Waals surface area (Å²) in [6, 6.07) is 17.0. The van der Waals surface area contributed by atoms with Crippen molar-refractivity contribution in [3.63, 3.8) is 0 Å². The Morgan fingerprint density at radius 3 is 2.43 bits per heavy atom. The van der Waals surface area contributed by atoms with Crippen LogP contribution in [-0.4, -0.2) is 6.61 Å². The van der Waals surface area contributed by atoms with Gasteiger partial charge in [0.2, 0.25) is 0 Å².